The fourth-order valence-electron chi connectivity index (χ4n) is 2.66. The van der Waals surface area contributed by atoms with Crippen molar-refractivity contribution in [1.29, 1.82) is 0 Å². The van der Waals surface area contributed by atoms with Crippen LogP contribution < -0.4 is 10.1 Å². The van der Waals surface area contributed by atoms with Crippen LogP contribution in [0.3, 0.4) is 0 Å². The van der Waals surface area contributed by atoms with Crippen LogP contribution in [0.25, 0.3) is 0 Å². The summed E-state index contributed by atoms with van der Waals surface area (Å²) in [5, 5.41) is 12.6. The molecule has 1 atom stereocenters. The number of carbonyl (C=O) groups is 2. The standard InChI is InChI=1S/C13H14N2O4/c1-19-7-5-8-11(10(16)6-7)14-12(17)9-3-2-4-15(9)13(8)18/h5-6,9,16H,2-4H2,1H3,(H,14,17)/t9-/m0/s1. The summed E-state index contributed by atoms with van der Waals surface area (Å²) in [6.07, 6.45) is 1.47. The van der Waals surface area contributed by atoms with Gasteiger partial charge in [0.2, 0.25) is 5.91 Å². The highest BCUT2D eigenvalue weighted by Crippen LogP contribution is 2.37. The summed E-state index contributed by atoms with van der Waals surface area (Å²) >= 11 is 0. The number of nitrogens with zero attached hydrogens (tertiary/aromatic N) is 1. The number of hydrogen-bond donors (Lipinski definition) is 2. The minimum absolute atomic E-state index is 0.155. The van der Waals surface area contributed by atoms with E-state index in [0.29, 0.717) is 18.7 Å². The van der Waals surface area contributed by atoms with Crippen molar-refractivity contribution in [3.8, 4) is 11.5 Å². The zero-order valence-corrected chi connectivity index (χ0v) is 10.5. The van der Waals surface area contributed by atoms with Gasteiger partial charge in [-0.2, -0.15) is 0 Å². The lowest BCUT2D eigenvalue weighted by atomic mass is 10.1. The molecule has 6 nitrogen and oxygen atoms in total. The van der Waals surface area contributed by atoms with Gasteiger partial charge in [0, 0.05) is 12.6 Å². The van der Waals surface area contributed by atoms with E-state index in [2.05, 4.69) is 5.32 Å². The van der Waals surface area contributed by atoms with Gasteiger partial charge in [0.05, 0.1) is 18.4 Å². The van der Waals surface area contributed by atoms with Crippen molar-refractivity contribution in [3.63, 3.8) is 0 Å². The van der Waals surface area contributed by atoms with Crippen molar-refractivity contribution in [2.45, 2.75) is 18.9 Å². The van der Waals surface area contributed by atoms with Crippen LogP contribution in [0.15, 0.2) is 12.1 Å². The van der Waals surface area contributed by atoms with Crippen molar-refractivity contribution in [2.75, 3.05) is 19.0 Å². The van der Waals surface area contributed by atoms with Crippen molar-refractivity contribution >= 4 is 17.5 Å². The highest BCUT2D eigenvalue weighted by atomic mass is 16.5. The van der Waals surface area contributed by atoms with E-state index in [1.807, 2.05) is 0 Å². The topological polar surface area (TPSA) is 78.9 Å². The third-order valence-electron chi connectivity index (χ3n) is 3.62. The number of carbonyl (C=O) groups excluding carboxylic acids is 2. The van der Waals surface area contributed by atoms with Crippen LogP contribution in [-0.2, 0) is 4.79 Å². The van der Waals surface area contributed by atoms with Gasteiger partial charge in [-0.1, -0.05) is 0 Å². The fourth-order valence-corrected chi connectivity index (χ4v) is 2.66. The molecule has 100 valence electrons. The Morgan fingerprint density at radius 3 is 2.95 bits per heavy atom. The van der Waals surface area contributed by atoms with E-state index >= 15 is 0 Å². The fraction of sp³-hybridized carbons (Fsp3) is 0.385. The third-order valence-corrected chi connectivity index (χ3v) is 3.62. The molecule has 3 rings (SSSR count). The quantitative estimate of drug-likeness (QED) is 0.739. The van der Waals surface area contributed by atoms with Crippen LogP contribution in [0.4, 0.5) is 5.69 Å². The number of ether oxygens (including phenoxy) is 1. The third kappa shape index (κ3) is 1.71. The zero-order chi connectivity index (χ0) is 13.6. The number of anilines is 1. The van der Waals surface area contributed by atoms with Crippen LogP contribution in [0.2, 0.25) is 0 Å². The van der Waals surface area contributed by atoms with Gasteiger partial charge in [-0.15, -0.1) is 0 Å². The van der Waals surface area contributed by atoms with Gasteiger partial charge in [-0.05, 0) is 18.9 Å². The molecule has 0 radical (unpaired) electrons. The summed E-state index contributed by atoms with van der Waals surface area (Å²) in [6.45, 7) is 0.564. The minimum Gasteiger partial charge on any atom is -0.506 e. The number of aromatic hydroxyl groups is 1. The Bertz CT molecular complexity index is 570. The number of nitrogens with one attached hydrogen (secondary N) is 1. The van der Waals surface area contributed by atoms with Gasteiger partial charge >= 0.3 is 0 Å². The van der Waals surface area contributed by atoms with E-state index in [4.69, 9.17) is 4.74 Å². The van der Waals surface area contributed by atoms with Crippen molar-refractivity contribution in [2.24, 2.45) is 0 Å². The first-order chi connectivity index (χ1) is 9.11. The van der Waals surface area contributed by atoms with Gasteiger partial charge in [0.25, 0.3) is 5.91 Å². The second kappa shape index (κ2) is 4.15. The largest absolute Gasteiger partial charge is 0.506 e. The molecule has 0 saturated carbocycles. The molecule has 0 unspecified atom stereocenters. The number of phenolic OH excluding ortho intramolecular Hbond substituents is 1. The number of benzene rings is 1. The molecule has 19 heavy (non-hydrogen) atoms. The highest BCUT2D eigenvalue weighted by molar-refractivity contribution is 6.11. The number of phenols is 1. The lowest BCUT2D eigenvalue weighted by molar-refractivity contribution is -0.119. The predicted molar refractivity (Wildman–Crippen MR) is 67.3 cm³/mol. The van der Waals surface area contributed by atoms with Gasteiger partial charge in [0.15, 0.2) is 0 Å². The van der Waals surface area contributed by atoms with E-state index in [-0.39, 0.29) is 28.8 Å². The Balaban J connectivity index is 2.15. The molecule has 0 spiro atoms. The first-order valence-corrected chi connectivity index (χ1v) is 6.14. The Morgan fingerprint density at radius 1 is 1.42 bits per heavy atom. The smallest absolute Gasteiger partial charge is 0.256 e. The van der Waals surface area contributed by atoms with E-state index in [0.717, 1.165) is 6.42 Å². The van der Waals surface area contributed by atoms with Crippen molar-refractivity contribution < 1.29 is 19.4 Å². The maximum absolute atomic E-state index is 12.5. The molecule has 0 bridgehead atoms. The Morgan fingerprint density at radius 2 is 2.21 bits per heavy atom. The van der Waals surface area contributed by atoms with Crippen LogP contribution in [0.5, 0.6) is 11.5 Å². The van der Waals surface area contributed by atoms with E-state index in [1.54, 1.807) is 11.0 Å². The molecule has 0 aromatic heterocycles. The zero-order valence-electron chi connectivity index (χ0n) is 10.5. The lowest BCUT2D eigenvalue weighted by Crippen LogP contribution is -2.40. The molecular formula is C13H14N2O4. The average molecular weight is 262 g/mol. The molecule has 2 N–H and O–H groups in total. The molecule has 2 heterocycles. The maximum atomic E-state index is 12.5. The molecule has 1 saturated heterocycles. The number of fused-ring (bicyclic) bond motifs is 2. The normalized spacial score (nSPS) is 21.5. The van der Waals surface area contributed by atoms with Crippen LogP contribution in [-0.4, -0.2) is 41.5 Å². The second-order valence-electron chi connectivity index (χ2n) is 4.71. The van der Waals surface area contributed by atoms with E-state index in [1.165, 1.54) is 13.2 Å². The molecule has 2 aliphatic heterocycles. The number of methoxy groups -OCH3 is 1. The highest BCUT2D eigenvalue weighted by Gasteiger charge is 2.39. The summed E-state index contributed by atoms with van der Waals surface area (Å²) in [6, 6.07) is 2.48. The molecular weight excluding hydrogens is 248 g/mol. The molecule has 1 fully saturated rings. The number of rotatable bonds is 1. The van der Waals surface area contributed by atoms with Crippen molar-refractivity contribution in [1.82, 2.24) is 4.90 Å². The van der Waals surface area contributed by atoms with E-state index < -0.39 is 6.04 Å². The molecule has 2 aliphatic rings. The summed E-state index contributed by atoms with van der Waals surface area (Å²) < 4.78 is 5.04. The Hall–Kier alpha value is -2.24. The van der Waals surface area contributed by atoms with Crippen LogP contribution in [0, 0.1) is 0 Å². The van der Waals surface area contributed by atoms with Gasteiger partial charge in [-0.3, -0.25) is 9.59 Å². The SMILES string of the molecule is COc1cc(O)c2c(c1)C(=O)N1CCC[C@H]1C(=O)N2. The Labute approximate surface area is 110 Å². The molecule has 1 aromatic carbocycles. The number of amides is 2. The number of hydrogen-bond acceptors (Lipinski definition) is 4. The molecule has 0 aliphatic carbocycles. The minimum atomic E-state index is -0.440. The first-order valence-electron chi connectivity index (χ1n) is 6.14. The van der Waals surface area contributed by atoms with Crippen molar-refractivity contribution in [3.05, 3.63) is 17.7 Å². The van der Waals surface area contributed by atoms with E-state index in [9.17, 15) is 14.7 Å². The van der Waals surface area contributed by atoms with Gasteiger partial charge < -0.3 is 20.1 Å². The lowest BCUT2D eigenvalue weighted by Gasteiger charge is -2.19. The van der Waals surface area contributed by atoms with Gasteiger partial charge in [0.1, 0.15) is 17.5 Å². The summed E-state index contributed by atoms with van der Waals surface area (Å²) in [4.78, 5) is 26.1. The van der Waals surface area contributed by atoms with Crippen LogP contribution in [0.1, 0.15) is 23.2 Å². The average Bonchev–Trinajstić information content (AvgIpc) is 2.85. The van der Waals surface area contributed by atoms with Crippen LogP contribution >= 0.6 is 0 Å². The Kier molecular flexibility index (Phi) is 2.58. The summed E-state index contributed by atoms with van der Waals surface area (Å²) in [5.41, 5.74) is 0.444. The second-order valence-corrected chi connectivity index (χ2v) is 4.71. The molecule has 2 amide bonds. The first kappa shape index (κ1) is 11.8. The maximum Gasteiger partial charge on any atom is 0.256 e. The summed E-state index contributed by atoms with van der Waals surface area (Å²) in [7, 11) is 1.46. The monoisotopic (exact) mass is 262 g/mol. The molecule has 1 aromatic rings. The van der Waals surface area contributed by atoms with Gasteiger partial charge in [-0.25, -0.2) is 0 Å². The summed E-state index contributed by atoms with van der Waals surface area (Å²) in [5.74, 6) is -0.260. The molecule has 6 heteroatoms. The predicted octanol–water partition coefficient (Wildman–Crippen LogP) is 0.957.